The van der Waals surface area contributed by atoms with Crippen LogP contribution in [0.2, 0.25) is 0 Å². The van der Waals surface area contributed by atoms with E-state index >= 15 is 0 Å². The quantitative estimate of drug-likeness (QED) is 0.670. The lowest BCUT2D eigenvalue weighted by Gasteiger charge is -2.27. The summed E-state index contributed by atoms with van der Waals surface area (Å²) in [6.07, 6.45) is 3.09. The third-order valence-electron chi connectivity index (χ3n) is 4.39. The minimum absolute atomic E-state index is 0.0404. The first-order valence-corrected chi connectivity index (χ1v) is 7.50. The topological polar surface area (TPSA) is 47.3 Å². The molecular weight excluding hydrogens is 267 g/mol. The third kappa shape index (κ3) is 3.07. The fraction of sp³-hybridized carbons (Fsp3) is 0.412. The average molecular weight is 288 g/mol. The van der Waals surface area contributed by atoms with Crippen LogP contribution in [0.5, 0.6) is 0 Å². The molecule has 3 nitrogen and oxygen atoms in total. The molecule has 0 bridgehead atoms. The molecule has 1 atom stereocenters. The molecule has 3 rings (SSSR count). The first-order valence-electron chi connectivity index (χ1n) is 7.50. The summed E-state index contributed by atoms with van der Waals surface area (Å²) in [5.74, 6) is 6.19. The summed E-state index contributed by atoms with van der Waals surface area (Å²) in [6, 6.07) is 11.0. The number of nitrogens with two attached hydrogens (primary N) is 1. The summed E-state index contributed by atoms with van der Waals surface area (Å²) in [5.41, 5.74) is 3.98. The summed E-state index contributed by atoms with van der Waals surface area (Å²) in [4.78, 5) is 0. The second kappa shape index (κ2) is 6.52. The van der Waals surface area contributed by atoms with Crippen LogP contribution in [0.1, 0.15) is 30.9 Å². The highest BCUT2D eigenvalue weighted by atomic mass is 19.1. The minimum atomic E-state index is -0.184. The van der Waals surface area contributed by atoms with Crippen molar-refractivity contribution in [1.29, 1.82) is 0 Å². The number of hydrogen-bond acceptors (Lipinski definition) is 3. The van der Waals surface area contributed by atoms with E-state index in [0.29, 0.717) is 11.3 Å². The lowest BCUT2D eigenvalue weighted by Crippen LogP contribution is -2.31. The van der Waals surface area contributed by atoms with Crippen molar-refractivity contribution in [2.45, 2.75) is 25.3 Å². The fourth-order valence-electron chi connectivity index (χ4n) is 3.19. The molecule has 2 aromatic carbocycles. The summed E-state index contributed by atoms with van der Waals surface area (Å²) >= 11 is 0. The third-order valence-corrected chi connectivity index (χ3v) is 4.39. The van der Waals surface area contributed by atoms with Gasteiger partial charge in [0.05, 0.1) is 0 Å². The van der Waals surface area contributed by atoms with E-state index < -0.39 is 0 Å². The molecule has 0 amide bonds. The Labute approximate surface area is 124 Å². The zero-order valence-corrected chi connectivity index (χ0v) is 12.0. The van der Waals surface area contributed by atoms with E-state index in [1.807, 2.05) is 30.3 Å². The second-order valence-electron chi connectivity index (χ2n) is 5.69. The molecular formula is C17H21FN2O. The normalized spacial score (nSPS) is 18.0. The monoisotopic (exact) mass is 288 g/mol. The van der Waals surface area contributed by atoms with Gasteiger partial charge in [-0.2, -0.15) is 0 Å². The van der Waals surface area contributed by atoms with Gasteiger partial charge in [-0.25, -0.2) is 4.39 Å². The van der Waals surface area contributed by atoms with Gasteiger partial charge in [-0.05, 0) is 42.2 Å². The molecule has 0 spiro atoms. The van der Waals surface area contributed by atoms with Gasteiger partial charge < -0.3 is 4.74 Å². The van der Waals surface area contributed by atoms with Crippen LogP contribution in [0.15, 0.2) is 36.4 Å². The van der Waals surface area contributed by atoms with Gasteiger partial charge in [0.1, 0.15) is 5.82 Å². The number of rotatable bonds is 4. The van der Waals surface area contributed by atoms with E-state index in [1.165, 1.54) is 6.07 Å². The SMILES string of the molecule is NNC(CC1CCOCC1)c1ccc(F)c2ccccc12. The molecule has 1 heterocycles. The summed E-state index contributed by atoms with van der Waals surface area (Å²) in [7, 11) is 0. The highest BCUT2D eigenvalue weighted by Gasteiger charge is 2.21. The van der Waals surface area contributed by atoms with Crippen LogP contribution in [0.4, 0.5) is 4.39 Å². The highest BCUT2D eigenvalue weighted by molar-refractivity contribution is 5.86. The van der Waals surface area contributed by atoms with E-state index in [0.717, 1.165) is 43.4 Å². The molecule has 0 radical (unpaired) electrons. The average Bonchev–Trinajstić information content (AvgIpc) is 2.55. The first kappa shape index (κ1) is 14.4. The van der Waals surface area contributed by atoms with Crippen LogP contribution >= 0.6 is 0 Å². The number of fused-ring (bicyclic) bond motifs is 1. The predicted octanol–water partition coefficient (Wildman–Crippen LogP) is 3.30. The Morgan fingerprint density at radius 2 is 1.86 bits per heavy atom. The van der Waals surface area contributed by atoms with Gasteiger partial charge in [0, 0.05) is 24.6 Å². The van der Waals surface area contributed by atoms with E-state index in [1.54, 1.807) is 0 Å². The summed E-state index contributed by atoms with van der Waals surface area (Å²) in [5, 5.41) is 1.59. The maximum Gasteiger partial charge on any atom is 0.131 e. The van der Waals surface area contributed by atoms with Gasteiger partial charge in [-0.3, -0.25) is 11.3 Å². The van der Waals surface area contributed by atoms with Crippen LogP contribution in [-0.2, 0) is 4.74 Å². The van der Waals surface area contributed by atoms with Crippen molar-refractivity contribution in [2.75, 3.05) is 13.2 Å². The van der Waals surface area contributed by atoms with Crippen molar-refractivity contribution in [3.63, 3.8) is 0 Å². The standard InChI is InChI=1S/C17H21FN2O/c18-16-6-5-15(13-3-1-2-4-14(13)16)17(20-19)11-12-7-9-21-10-8-12/h1-6,12,17,20H,7-11,19H2. The first-order chi connectivity index (χ1) is 10.3. The Hall–Kier alpha value is -1.49. The Morgan fingerprint density at radius 1 is 1.14 bits per heavy atom. The molecule has 1 fully saturated rings. The van der Waals surface area contributed by atoms with Gasteiger partial charge in [0.25, 0.3) is 0 Å². The predicted molar refractivity (Wildman–Crippen MR) is 82.1 cm³/mol. The largest absolute Gasteiger partial charge is 0.381 e. The number of benzene rings is 2. The zero-order chi connectivity index (χ0) is 14.7. The number of hydrazine groups is 1. The fourth-order valence-corrected chi connectivity index (χ4v) is 3.19. The molecule has 1 aliphatic heterocycles. The number of halogens is 1. The molecule has 1 saturated heterocycles. The number of hydrogen-bond donors (Lipinski definition) is 2. The molecule has 1 unspecified atom stereocenters. The van der Waals surface area contributed by atoms with Crippen LogP contribution in [0.3, 0.4) is 0 Å². The second-order valence-corrected chi connectivity index (χ2v) is 5.69. The van der Waals surface area contributed by atoms with Crippen LogP contribution in [-0.4, -0.2) is 13.2 Å². The van der Waals surface area contributed by atoms with Gasteiger partial charge >= 0.3 is 0 Å². The Bertz CT molecular complexity index is 611. The van der Waals surface area contributed by atoms with Crippen molar-refractivity contribution >= 4 is 10.8 Å². The Balaban J connectivity index is 1.91. The van der Waals surface area contributed by atoms with Gasteiger partial charge in [-0.1, -0.05) is 30.3 Å². The summed E-state index contributed by atoms with van der Waals surface area (Å²) < 4.78 is 19.3. The molecule has 1 aliphatic rings. The summed E-state index contributed by atoms with van der Waals surface area (Å²) in [6.45, 7) is 1.65. The maximum atomic E-state index is 13.9. The van der Waals surface area contributed by atoms with Crippen molar-refractivity contribution < 1.29 is 9.13 Å². The highest BCUT2D eigenvalue weighted by Crippen LogP contribution is 2.32. The van der Waals surface area contributed by atoms with Crippen LogP contribution in [0.25, 0.3) is 10.8 Å². The molecule has 0 aliphatic carbocycles. The van der Waals surface area contributed by atoms with E-state index in [2.05, 4.69) is 5.43 Å². The van der Waals surface area contributed by atoms with Crippen molar-refractivity contribution in [3.8, 4) is 0 Å². The lowest BCUT2D eigenvalue weighted by atomic mass is 9.88. The molecule has 0 aromatic heterocycles. The maximum absolute atomic E-state index is 13.9. The smallest absolute Gasteiger partial charge is 0.131 e. The molecule has 112 valence electrons. The lowest BCUT2D eigenvalue weighted by molar-refractivity contribution is 0.0605. The number of nitrogens with one attached hydrogen (secondary N) is 1. The Morgan fingerprint density at radius 3 is 2.57 bits per heavy atom. The Kier molecular flexibility index (Phi) is 4.48. The molecule has 21 heavy (non-hydrogen) atoms. The van der Waals surface area contributed by atoms with E-state index in [-0.39, 0.29) is 11.9 Å². The van der Waals surface area contributed by atoms with Gasteiger partial charge in [-0.15, -0.1) is 0 Å². The minimum Gasteiger partial charge on any atom is -0.381 e. The van der Waals surface area contributed by atoms with E-state index in [9.17, 15) is 4.39 Å². The van der Waals surface area contributed by atoms with Gasteiger partial charge in [0.15, 0.2) is 0 Å². The zero-order valence-electron chi connectivity index (χ0n) is 12.0. The van der Waals surface area contributed by atoms with Crippen LogP contribution < -0.4 is 11.3 Å². The molecule has 0 saturated carbocycles. The molecule has 4 heteroatoms. The van der Waals surface area contributed by atoms with Gasteiger partial charge in [0.2, 0.25) is 0 Å². The van der Waals surface area contributed by atoms with Crippen molar-refractivity contribution in [1.82, 2.24) is 5.43 Å². The van der Waals surface area contributed by atoms with Crippen molar-refractivity contribution in [3.05, 3.63) is 47.8 Å². The molecule has 2 aromatic rings. The van der Waals surface area contributed by atoms with E-state index in [4.69, 9.17) is 10.6 Å². The number of ether oxygens (including phenoxy) is 1. The van der Waals surface area contributed by atoms with Crippen LogP contribution in [0, 0.1) is 11.7 Å². The molecule has 3 N–H and O–H groups in total. The van der Waals surface area contributed by atoms with Crippen molar-refractivity contribution in [2.24, 2.45) is 11.8 Å².